The van der Waals surface area contributed by atoms with E-state index in [1.807, 2.05) is 13.8 Å². The summed E-state index contributed by atoms with van der Waals surface area (Å²) >= 11 is 0. The molecule has 0 radical (unpaired) electrons. The highest BCUT2D eigenvalue weighted by atomic mass is 16.4. The summed E-state index contributed by atoms with van der Waals surface area (Å²) in [5.41, 5.74) is 1.59. The molecule has 0 fully saturated rings. The van der Waals surface area contributed by atoms with Crippen LogP contribution in [-0.2, 0) is 4.79 Å². The molecule has 0 heterocycles. The molecular weight excluding hydrogens is 244 g/mol. The number of aromatic carboxylic acids is 1. The first-order valence-electron chi connectivity index (χ1n) is 6.31. The average molecular weight is 264 g/mol. The Morgan fingerprint density at radius 1 is 1.37 bits per heavy atom. The zero-order valence-corrected chi connectivity index (χ0v) is 11.5. The van der Waals surface area contributed by atoms with Crippen LogP contribution in [0.25, 0.3) is 0 Å². The average Bonchev–Trinajstić information content (AvgIpc) is 2.38. The Bertz CT molecular complexity index is 472. The molecule has 5 nitrogen and oxygen atoms in total. The molecule has 1 aromatic rings. The maximum Gasteiger partial charge on any atom is 0.335 e. The largest absolute Gasteiger partial charge is 0.478 e. The van der Waals surface area contributed by atoms with Crippen molar-refractivity contribution in [2.24, 2.45) is 0 Å². The van der Waals surface area contributed by atoms with Crippen LogP contribution in [0.4, 0.5) is 5.69 Å². The second kappa shape index (κ2) is 6.89. The molecule has 0 aliphatic carbocycles. The molecule has 0 spiro atoms. The van der Waals surface area contributed by atoms with Gasteiger partial charge in [-0.2, -0.15) is 0 Å². The number of aryl methyl sites for hydroxylation is 1. The van der Waals surface area contributed by atoms with Gasteiger partial charge in [0, 0.05) is 11.7 Å². The number of nitrogens with one attached hydrogen (secondary N) is 2. The van der Waals surface area contributed by atoms with Crippen molar-refractivity contribution in [2.75, 3.05) is 11.9 Å². The van der Waals surface area contributed by atoms with Gasteiger partial charge >= 0.3 is 5.97 Å². The third kappa shape index (κ3) is 4.71. The summed E-state index contributed by atoms with van der Waals surface area (Å²) in [7, 11) is 0. The van der Waals surface area contributed by atoms with Crippen molar-refractivity contribution in [3.05, 3.63) is 29.3 Å². The number of hydrogen-bond donors (Lipinski definition) is 3. The standard InChI is InChI=1S/C14H20N2O3/c1-4-10(3)15-8-13(17)16-12-6-5-11(14(18)19)7-9(12)2/h5-7,10,15H,4,8H2,1-3H3,(H,16,17)(H,18,19). The summed E-state index contributed by atoms with van der Waals surface area (Å²) in [6, 6.07) is 4.92. The first kappa shape index (κ1) is 15.2. The SMILES string of the molecule is CCC(C)NCC(=O)Nc1ccc(C(=O)O)cc1C. The maximum absolute atomic E-state index is 11.7. The van der Waals surface area contributed by atoms with Crippen LogP contribution in [0, 0.1) is 6.92 Å². The molecule has 0 aliphatic rings. The summed E-state index contributed by atoms with van der Waals surface area (Å²) < 4.78 is 0. The molecular formula is C14H20N2O3. The second-order valence-corrected chi connectivity index (χ2v) is 4.57. The van der Waals surface area contributed by atoms with E-state index < -0.39 is 5.97 Å². The number of carboxylic acid groups (broad SMARTS) is 1. The predicted molar refractivity (Wildman–Crippen MR) is 74.5 cm³/mol. The Morgan fingerprint density at radius 3 is 2.58 bits per heavy atom. The summed E-state index contributed by atoms with van der Waals surface area (Å²) in [6.45, 7) is 6.07. The highest BCUT2D eigenvalue weighted by Crippen LogP contribution is 2.16. The fourth-order valence-electron chi connectivity index (χ4n) is 1.54. The summed E-state index contributed by atoms with van der Waals surface area (Å²) in [5, 5.41) is 14.7. The number of rotatable bonds is 6. The van der Waals surface area contributed by atoms with Crippen molar-refractivity contribution in [3.8, 4) is 0 Å². The summed E-state index contributed by atoms with van der Waals surface area (Å²) in [5.74, 6) is -1.11. The lowest BCUT2D eigenvalue weighted by molar-refractivity contribution is -0.115. The van der Waals surface area contributed by atoms with Gasteiger partial charge in [0.2, 0.25) is 5.91 Å². The third-order valence-corrected chi connectivity index (χ3v) is 2.97. The predicted octanol–water partition coefficient (Wildman–Crippen LogP) is 2.02. The molecule has 1 rings (SSSR count). The van der Waals surface area contributed by atoms with Crippen molar-refractivity contribution in [1.29, 1.82) is 0 Å². The van der Waals surface area contributed by atoms with Gasteiger partial charge in [-0.05, 0) is 44.0 Å². The van der Waals surface area contributed by atoms with Gasteiger partial charge in [-0.25, -0.2) is 4.79 Å². The van der Waals surface area contributed by atoms with E-state index in [-0.39, 0.29) is 18.0 Å². The molecule has 0 bridgehead atoms. The van der Waals surface area contributed by atoms with E-state index in [9.17, 15) is 9.59 Å². The molecule has 1 aromatic carbocycles. The molecule has 1 amide bonds. The molecule has 0 saturated carbocycles. The second-order valence-electron chi connectivity index (χ2n) is 4.57. The topological polar surface area (TPSA) is 78.4 Å². The summed E-state index contributed by atoms with van der Waals surface area (Å²) in [6.07, 6.45) is 0.958. The first-order valence-corrected chi connectivity index (χ1v) is 6.31. The fourth-order valence-corrected chi connectivity index (χ4v) is 1.54. The quantitative estimate of drug-likeness (QED) is 0.734. The van der Waals surface area contributed by atoms with Gasteiger partial charge < -0.3 is 15.7 Å². The van der Waals surface area contributed by atoms with Crippen LogP contribution in [0.1, 0.15) is 36.2 Å². The van der Waals surface area contributed by atoms with Gasteiger partial charge in [-0.15, -0.1) is 0 Å². The third-order valence-electron chi connectivity index (χ3n) is 2.97. The number of hydrogen-bond acceptors (Lipinski definition) is 3. The molecule has 0 aliphatic heterocycles. The molecule has 5 heteroatoms. The van der Waals surface area contributed by atoms with Crippen LogP contribution in [0.3, 0.4) is 0 Å². The molecule has 0 saturated heterocycles. The zero-order valence-electron chi connectivity index (χ0n) is 11.5. The normalized spacial score (nSPS) is 11.9. The van der Waals surface area contributed by atoms with Crippen LogP contribution >= 0.6 is 0 Å². The molecule has 1 unspecified atom stereocenters. The van der Waals surface area contributed by atoms with Crippen LogP contribution in [0.15, 0.2) is 18.2 Å². The van der Waals surface area contributed by atoms with E-state index in [0.29, 0.717) is 11.7 Å². The minimum absolute atomic E-state index is 0.133. The number of carbonyl (C=O) groups excluding carboxylic acids is 1. The van der Waals surface area contributed by atoms with Gasteiger partial charge in [0.25, 0.3) is 0 Å². The zero-order chi connectivity index (χ0) is 14.4. The van der Waals surface area contributed by atoms with E-state index in [1.165, 1.54) is 6.07 Å². The van der Waals surface area contributed by atoms with Crippen molar-refractivity contribution in [2.45, 2.75) is 33.2 Å². The summed E-state index contributed by atoms with van der Waals surface area (Å²) in [4.78, 5) is 22.5. The van der Waals surface area contributed by atoms with E-state index in [2.05, 4.69) is 10.6 Å². The lowest BCUT2D eigenvalue weighted by Gasteiger charge is -2.12. The van der Waals surface area contributed by atoms with Gasteiger partial charge in [-0.1, -0.05) is 6.92 Å². The lowest BCUT2D eigenvalue weighted by atomic mass is 10.1. The Labute approximate surface area is 113 Å². The number of amides is 1. The Hall–Kier alpha value is -1.88. The van der Waals surface area contributed by atoms with Gasteiger partial charge in [0.1, 0.15) is 0 Å². The van der Waals surface area contributed by atoms with Crippen LogP contribution < -0.4 is 10.6 Å². The number of benzene rings is 1. The smallest absolute Gasteiger partial charge is 0.335 e. The Balaban J connectivity index is 2.62. The van der Waals surface area contributed by atoms with E-state index in [4.69, 9.17) is 5.11 Å². The Morgan fingerprint density at radius 2 is 2.05 bits per heavy atom. The van der Waals surface area contributed by atoms with Crippen molar-refractivity contribution >= 4 is 17.6 Å². The molecule has 104 valence electrons. The highest BCUT2D eigenvalue weighted by molar-refractivity contribution is 5.94. The van der Waals surface area contributed by atoms with E-state index in [0.717, 1.165) is 12.0 Å². The molecule has 1 atom stereocenters. The maximum atomic E-state index is 11.7. The van der Waals surface area contributed by atoms with Gasteiger partial charge in [0.05, 0.1) is 12.1 Å². The highest BCUT2D eigenvalue weighted by Gasteiger charge is 2.09. The van der Waals surface area contributed by atoms with Crippen LogP contribution in [0.2, 0.25) is 0 Å². The Kier molecular flexibility index (Phi) is 5.51. The van der Waals surface area contributed by atoms with Gasteiger partial charge in [0.15, 0.2) is 0 Å². The lowest BCUT2D eigenvalue weighted by Crippen LogP contribution is -2.34. The number of carboxylic acids is 1. The minimum atomic E-state index is -0.973. The molecule has 0 aromatic heterocycles. The monoisotopic (exact) mass is 264 g/mol. The van der Waals surface area contributed by atoms with E-state index >= 15 is 0 Å². The molecule has 3 N–H and O–H groups in total. The van der Waals surface area contributed by atoms with Crippen molar-refractivity contribution in [3.63, 3.8) is 0 Å². The number of anilines is 1. The first-order chi connectivity index (χ1) is 8.93. The van der Waals surface area contributed by atoms with Crippen LogP contribution in [-0.4, -0.2) is 29.6 Å². The van der Waals surface area contributed by atoms with Crippen molar-refractivity contribution < 1.29 is 14.7 Å². The van der Waals surface area contributed by atoms with E-state index in [1.54, 1.807) is 19.1 Å². The van der Waals surface area contributed by atoms with Crippen molar-refractivity contribution in [1.82, 2.24) is 5.32 Å². The fraction of sp³-hybridized carbons (Fsp3) is 0.429. The number of carbonyl (C=O) groups is 2. The van der Waals surface area contributed by atoms with Gasteiger partial charge in [-0.3, -0.25) is 4.79 Å². The van der Waals surface area contributed by atoms with Crippen LogP contribution in [0.5, 0.6) is 0 Å². The minimum Gasteiger partial charge on any atom is -0.478 e. The molecule has 19 heavy (non-hydrogen) atoms.